The van der Waals surface area contributed by atoms with Gasteiger partial charge in [-0.25, -0.2) is 0 Å². The van der Waals surface area contributed by atoms with Crippen LogP contribution in [0.4, 0.5) is 11.4 Å². The molecular formula is C14H21ClN2O2. The van der Waals surface area contributed by atoms with Crippen molar-refractivity contribution in [2.45, 2.75) is 6.42 Å². The highest BCUT2D eigenvalue weighted by Crippen LogP contribution is 2.33. The summed E-state index contributed by atoms with van der Waals surface area (Å²) in [5, 5.41) is 9.47. The van der Waals surface area contributed by atoms with E-state index in [1.807, 2.05) is 12.1 Å². The summed E-state index contributed by atoms with van der Waals surface area (Å²) in [7, 11) is 2.11. The molecule has 19 heavy (non-hydrogen) atoms. The van der Waals surface area contributed by atoms with Crippen molar-refractivity contribution in [3.8, 4) is 0 Å². The van der Waals surface area contributed by atoms with Crippen LogP contribution in [0.15, 0.2) is 18.2 Å². The first-order valence-corrected chi connectivity index (χ1v) is 7.04. The molecule has 0 fully saturated rings. The normalized spacial score (nSPS) is 15.3. The van der Waals surface area contributed by atoms with Gasteiger partial charge in [-0.05, 0) is 24.6 Å². The zero-order valence-electron chi connectivity index (χ0n) is 11.3. The van der Waals surface area contributed by atoms with Crippen LogP contribution in [0.25, 0.3) is 0 Å². The number of rotatable bonds is 5. The largest absolute Gasteiger partial charge is 0.394 e. The van der Waals surface area contributed by atoms with Crippen LogP contribution in [0, 0.1) is 0 Å². The number of hydrogen-bond donors (Lipinski definition) is 1. The lowest BCUT2D eigenvalue weighted by Gasteiger charge is -2.26. The summed E-state index contributed by atoms with van der Waals surface area (Å²) >= 11 is 6.12. The predicted molar refractivity (Wildman–Crippen MR) is 79.5 cm³/mol. The fourth-order valence-electron chi connectivity index (χ4n) is 2.39. The van der Waals surface area contributed by atoms with Gasteiger partial charge >= 0.3 is 0 Å². The Labute approximate surface area is 119 Å². The Balaban J connectivity index is 2.11. The van der Waals surface area contributed by atoms with Gasteiger partial charge in [0.15, 0.2) is 0 Å². The molecule has 5 heteroatoms. The lowest BCUT2D eigenvalue weighted by atomic mass is 10.2. The topological polar surface area (TPSA) is 35.9 Å². The molecular weight excluding hydrogens is 264 g/mol. The molecule has 1 aliphatic rings. The summed E-state index contributed by atoms with van der Waals surface area (Å²) in [5.41, 5.74) is 2.38. The number of aliphatic hydroxyl groups is 1. The van der Waals surface area contributed by atoms with Crippen LogP contribution in [-0.2, 0) is 4.74 Å². The molecule has 1 aromatic carbocycles. The minimum atomic E-state index is 0.0746. The summed E-state index contributed by atoms with van der Waals surface area (Å²) in [6.07, 6.45) is 1.11. The van der Waals surface area contributed by atoms with Gasteiger partial charge in [0.05, 0.1) is 31.2 Å². The van der Waals surface area contributed by atoms with Gasteiger partial charge < -0.3 is 19.6 Å². The molecule has 1 aliphatic heterocycles. The minimum Gasteiger partial charge on any atom is -0.394 e. The third-order valence-corrected chi connectivity index (χ3v) is 3.59. The monoisotopic (exact) mass is 284 g/mol. The Kier molecular flexibility index (Phi) is 5.31. The Morgan fingerprint density at radius 1 is 1.26 bits per heavy atom. The van der Waals surface area contributed by atoms with Gasteiger partial charge in [0, 0.05) is 31.7 Å². The highest BCUT2D eigenvalue weighted by atomic mass is 35.5. The van der Waals surface area contributed by atoms with Crippen molar-refractivity contribution in [1.29, 1.82) is 0 Å². The molecule has 0 spiro atoms. The van der Waals surface area contributed by atoms with Crippen LogP contribution in [0.1, 0.15) is 6.42 Å². The summed E-state index contributed by atoms with van der Waals surface area (Å²) in [6, 6.07) is 6.03. The van der Waals surface area contributed by atoms with Crippen molar-refractivity contribution < 1.29 is 9.84 Å². The quantitative estimate of drug-likeness (QED) is 0.839. The van der Waals surface area contributed by atoms with Gasteiger partial charge in [0.2, 0.25) is 0 Å². The fourth-order valence-corrected chi connectivity index (χ4v) is 2.55. The first-order chi connectivity index (χ1) is 9.22. The zero-order valence-corrected chi connectivity index (χ0v) is 12.1. The van der Waals surface area contributed by atoms with E-state index in [4.69, 9.17) is 21.4 Å². The molecule has 0 aromatic heterocycles. The first kappa shape index (κ1) is 14.4. The van der Waals surface area contributed by atoms with E-state index in [9.17, 15) is 0 Å². The van der Waals surface area contributed by atoms with Crippen LogP contribution in [-0.4, -0.2) is 51.6 Å². The second kappa shape index (κ2) is 6.98. The maximum absolute atomic E-state index is 8.71. The van der Waals surface area contributed by atoms with E-state index in [0.29, 0.717) is 13.2 Å². The first-order valence-electron chi connectivity index (χ1n) is 6.66. The van der Waals surface area contributed by atoms with E-state index in [1.165, 1.54) is 11.4 Å². The number of benzene rings is 1. The van der Waals surface area contributed by atoms with Crippen LogP contribution in [0.5, 0.6) is 0 Å². The number of nitrogens with zero attached hydrogens (tertiary/aromatic N) is 2. The molecule has 0 radical (unpaired) electrons. The molecule has 0 saturated heterocycles. The highest BCUT2D eigenvalue weighted by molar-refractivity contribution is 6.31. The maximum atomic E-state index is 8.71. The number of halogens is 1. The van der Waals surface area contributed by atoms with Crippen molar-refractivity contribution in [3.05, 3.63) is 23.2 Å². The second-order valence-corrected chi connectivity index (χ2v) is 5.17. The molecule has 2 rings (SSSR count). The van der Waals surface area contributed by atoms with Crippen LogP contribution in [0.3, 0.4) is 0 Å². The van der Waals surface area contributed by atoms with Crippen molar-refractivity contribution >= 4 is 23.0 Å². The SMILES string of the molecule is CN1CCCN(CCOCCO)c2cc(Cl)ccc21. The summed E-state index contributed by atoms with van der Waals surface area (Å²) in [6.45, 7) is 3.96. The van der Waals surface area contributed by atoms with Gasteiger partial charge in [0.1, 0.15) is 0 Å². The van der Waals surface area contributed by atoms with Gasteiger partial charge in [-0.15, -0.1) is 0 Å². The summed E-state index contributed by atoms with van der Waals surface area (Å²) in [5.74, 6) is 0. The molecule has 0 atom stereocenters. The average Bonchev–Trinajstić information content (AvgIpc) is 2.55. The molecule has 106 valence electrons. The van der Waals surface area contributed by atoms with Crippen molar-refractivity contribution in [1.82, 2.24) is 0 Å². The molecule has 0 aliphatic carbocycles. The minimum absolute atomic E-state index is 0.0746. The predicted octanol–water partition coefficient (Wildman–Crippen LogP) is 2.00. The van der Waals surface area contributed by atoms with E-state index < -0.39 is 0 Å². The van der Waals surface area contributed by atoms with Crippen molar-refractivity contribution in [3.63, 3.8) is 0 Å². The van der Waals surface area contributed by atoms with Crippen molar-refractivity contribution in [2.75, 3.05) is 56.3 Å². The number of ether oxygens (including phenoxy) is 1. The molecule has 0 unspecified atom stereocenters. The fraction of sp³-hybridized carbons (Fsp3) is 0.571. The van der Waals surface area contributed by atoms with Crippen molar-refractivity contribution in [2.24, 2.45) is 0 Å². The molecule has 1 heterocycles. The Hall–Kier alpha value is -0.970. The van der Waals surface area contributed by atoms with E-state index in [2.05, 4.69) is 22.9 Å². The van der Waals surface area contributed by atoms with E-state index in [1.54, 1.807) is 0 Å². The Morgan fingerprint density at radius 2 is 2.11 bits per heavy atom. The van der Waals surface area contributed by atoms with Crippen LogP contribution < -0.4 is 9.80 Å². The molecule has 4 nitrogen and oxygen atoms in total. The highest BCUT2D eigenvalue weighted by Gasteiger charge is 2.18. The van der Waals surface area contributed by atoms with Gasteiger partial charge in [-0.1, -0.05) is 11.6 Å². The molecule has 1 N–H and O–H groups in total. The van der Waals surface area contributed by atoms with E-state index in [-0.39, 0.29) is 6.61 Å². The lowest BCUT2D eigenvalue weighted by molar-refractivity contribution is 0.0967. The second-order valence-electron chi connectivity index (χ2n) is 4.73. The number of aliphatic hydroxyl groups excluding tert-OH is 1. The lowest BCUT2D eigenvalue weighted by Crippen LogP contribution is -2.28. The standard InChI is InChI=1S/C14H21ClN2O2/c1-16-5-2-6-17(7-9-19-10-8-18)14-11-12(15)3-4-13(14)16/h3-4,11,18H,2,5-10H2,1H3. The van der Waals surface area contributed by atoms with Gasteiger partial charge in [-0.3, -0.25) is 0 Å². The number of anilines is 2. The number of hydrogen-bond acceptors (Lipinski definition) is 4. The number of fused-ring (bicyclic) bond motifs is 1. The van der Waals surface area contributed by atoms with Gasteiger partial charge in [-0.2, -0.15) is 0 Å². The zero-order chi connectivity index (χ0) is 13.7. The Morgan fingerprint density at radius 3 is 2.89 bits per heavy atom. The molecule has 0 saturated carbocycles. The molecule has 0 amide bonds. The van der Waals surface area contributed by atoms with E-state index >= 15 is 0 Å². The third-order valence-electron chi connectivity index (χ3n) is 3.35. The summed E-state index contributed by atoms with van der Waals surface area (Å²) < 4.78 is 5.36. The summed E-state index contributed by atoms with van der Waals surface area (Å²) in [4.78, 5) is 4.57. The van der Waals surface area contributed by atoms with E-state index in [0.717, 1.165) is 31.1 Å². The maximum Gasteiger partial charge on any atom is 0.0698 e. The molecule has 0 bridgehead atoms. The van der Waals surface area contributed by atoms with Gasteiger partial charge in [0.25, 0.3) is 0 Å². The van der Waals surface area contributed by atoms with Crippen LogP contribution in [0.2, 0.25) is 5.02 Å². The average molecular weight is 285 g/mol. The molecule has 1 aromatic rings. The smallest absolute Gasteiger partial charge is 0.0698 e. The third kappa shape index (κ3) is 3.75. The Bertz CT molecular complexity index is 414. The van der Waals surface area contributed by atoms with Crippen LogP contribution >= 0.6 is 11.6 Å².